The van der Waals surface area contributed by atoms with Gasteiger partial charge in [0.1, 0.15) is 11.3 Å². The number of nitrogens with one attached hydrogen (secondary N) is 1. The van der Waals surface area contributed by atoms with Crippen molar-refractivity contribution < 1.29 is 14.2 Å². The molecule has 0 aliphatic rings. The van der Waals surface area contributed by atoms with Crippen molar-refractivity contribution in [3.05, 3.63) is 51.4 Å². The summed E-state index contributed by atoms with van der Waals surface area (Å²) in [7, 11) is 0. The highest BCUT2D eigenvalue weighted by Gasteiger charge is 2.17. The molecule has 0 saturated heterocycles. The number of benzene rings is 1. The van der Waals surface area contributed by atoms with Gasteiger partial charge >= 0.3 is 0 Å². The molecule has 7 nitrogen and oxygen atoms in total. The summed E-state index contributed by atoms with van der Waals surface area (Å²) in [6.07, 6.45) is 0. The lowest BCUT2D eigenvalue weighted by molar-refractivity contribution is -0.384. The number of amides is 1. The zero-order valence-corrected chi connectivity index (χ0v) is 10.3. The second-order valence-corrected chi connectivity index (χ2v) is 3.96. The van der Waals surface area contributed by atoms with Gasteiger partial charge in [0.25, 0.3) is 11.6 Å². The molecule has 98 valence electrons. The van der Waals surface area contributed by atoms with Gasteiger partial charge in [-0.3, -0.25) is 14.9 Å². The Morgan fingerprint density at radius 3 is 2.42 bits per heavy atom. The number of non-ortho nitro benzene ring substituents is 1. The standard InChI is InChI=1S/C12H11N3O4/c1-7-11(8(2)19-14-7)12(16)13-9-3-5-10(6-4-9)15(17)18/h3-6H,1-2H3,(H,13,16). The molecule has 0 saturated carbocycles. The predicted molar refractivity (Wildman–Crippen MR) is 67.0 cm³/mol. The van der Waals surface area contributed by atoms with Gasteiger partial charge in [-0.2, -0.15) is 0 Å². The van der Waals surface area contributed by atoms with Crippen LogP contribution in [0, 0.1) is 24.0 Å². The molecule has 1 heterocycles. The summed E-state index contributed by atoms with van der Waals surface area (Å²) in [5.41, 5.74) is 1.31. The fourth-order valence-corrected chi connectivity index (χ4v) is 1.67. The molecule has 0 spiro atoms. The summed E-state index contributed by atoms with van der Waals surface area (Å²) in [5.74, 6) is 0.0713. The first kappa shape index (κ1) is 12.7. The highest BCUT2D eigenvalue weighted by molar-refractivity contribution is 6.05. The number of hydrogen-bond donors (Lipinski definition) is 1. The number of nitrogens with zero attached hydrogens (tertiary/aromatic N) is 2. The van der Waals surface area contributed by atoms with Gasteiger partial charge < -0.3 is 9.84 Å². The van der Waals surface area contributed by atoms with E-state index in [1.54, 1.807) is 13.8 Å². The lowest BCUT2D eigenvalue weighted by Gasteiger charge is -2.04. The summed E-state index contributed by atoms with van der Waals surface area (Å²) in [5, 5.41) is 16.8. The van der Waals surface area contributed by atoms with Crippen molar-refractivity contribution >= 4 is 17.3 Å². The fourth-order valence-electron chi connectivity index (χ4n) is 1.67. The van der Waals surface area contributed by atoms with E-state index < -0.39 is 4.92 Å². The Labute approximate surface area is 108 Å². The molecule has 2 rings (SSSR count). The molecule has 1 N–H and O–H groups in total. The van der Waals surface area contributed by atoms with Crippen LogP contribution in [0.15, 0.2) is 28.8 Å². The van der Waals surface area contributed by atoms with Crippen molar-refractivity contribution in [3.63, 3.8) is 0 Å². The second kappa shape index (κ2) is 4.89. The van der Waals surface area contributed by atoms with Crippen molar-refractivity contribution in [1.82, 2.24) is 5.16 Å². The van der Waals surface area contributed by atoms with Gasteiger partial charge in [-0.05, 0) is 26.0 Å². The second-order valence-electron chi connectivity index (χ2n) is 3.96. The molecule has 0 radical (unpaired) electrons. The van der Waals surface area contributed by atoms with E-state index in [1.165, 1.54) is 24.3 Å². The third kappa shape index (κ3) is 2.59. The van der Waals surface area contributed by atoms with Crippen LogP contribution in [0.5, 0.6) is 0 Å². The summed E-state index contributed by atoms with van der Waals surface area (Å²) < 4.78 is 4.90. The Kier molecular flexibility index (Phi) is 3.28. The molecule has 0 bridgehead atoms. The molecule has 0 unspecified atom stereocenters. The molecule has 0 aliphatic heterocycles. The maximum atomic E-state index is 12.0. The van der Waals surface area contributed by atoms with Crippen LogP contribution in [0.1, 0.15) is 21.8 Å². The topological polar surface area (TPSA) is 98.3 Å². The summed E-state index contributed by atoms with van der Waals surface area (Å²) in [6, 6.07) is 5.58. The molecular formula is C12H11N3O4. The maximum absolute atomic E-state index is 12.0. The van der Waals surface area contributed by atoms with Gasteiger partial charge in [0.15, 0.2) is 0 Å². The van der Waals surface area contributed by atoms with E-state index >= 15 is 0 Å². The van der Waals surface area contributed by atoms with Crippen molar-refractivity contribution in [1.29, 1.82) is 0 Å². The first-order valence-corrected chi connectivity index (χ1v) is 5.47. The maximum Gasteiger partial charge on any atom is 0.269 e. The fraction of sp³-hybridized carbons (Fsp3) is 0.167. The Bertz CT molecular complexity index is 611. The number of nitro benzene ring substituents is 1. The van der Waals surface area contributed by atoms with Gasteiger partial charge in [-0.25, -0.2) is 0 Å². The van der Waals surface area contributed by atoms with Gasteiger partial charge in [0.2, 0.25) is 0 Å². The molecule has 19 heavy (non-hydrogen) atoms. The SMILES string of the molecule is Cc1noc(C)c1C(=O)Nc1ccc([N+](=O)[O-])cc1. The van der Waals surface area contributed by atoms with E-state index in [4.69, 9.17) is 4.52 Å². The smallest absolute Gasteiger partial charge is 0.269 e. The lowest BCUT2D eigenvalue weighted by Crippen LogP contribution is -2.13. The highest BCUT2D eigenvalue weighted by atomic mass is 16.6. The quantitative estimate of drug-likeness (QED) is 0.675. The Morgan fingerprint density at radius 1 is 1.32 bits per heavy atom. The Balaban J connectivity index is 2.17. The first-order chi connectivity index (χ1) is 8.99. The molecule has 0 atom stereocenters. The van der Waals surface area contributed by atoms with Crippen LogP contribution in [0.2, 0.25) is 0 Å². The lowest BCUT2D eigenvalue weighted by atomic mass is 10.2. The summed E-state index contributed by atoms with van der Waals surface area (Å²) in [6.45, 7) is 3.31. The molecule has 1 aromatic heterocycles. The average molecular weight is 261 g/mol. The van der Waals surface area contributed by atoms with Crippen LogP contribution in [0.25, 0.3) is 0 Å². The molecule has 0 aliphatic carbocycles. The highest BCUT2D eigenvalue weighted by Crippen LogP contribution is 2.18. The van der Waals surface area contributed by atoms with E-state index in [0.717, 1.165) is 0 Å². The Hall–Kier alpha value is -2.70. The van der Waals surface area contributed by atoms with Crippen LogP contribution in [-0.2, 0) is 0 Å². The van der Waals surface area contributed by atoms with Gasteiger partial charge in [-0.15, -0.1) is 0 Å². The number of carbonyl (C=O) groups is 1. The minimum atomic E-state index is -0.500. The number of aryl methyl sites for hydroxylation is 2. The normalized spacial score (nSPS) is 10.2. The number of aromatic nitrogens is 1. The number of rotatable bonds is 3. The molecule has 1 amide bonds. The summed E-state index contributed by atoms with van der Waals surface area (Å²) in [4.78, 5) is 22.0. The van der Waals surface area contributed by atoms with Gasteiger partial charge in [0.05, 0.1) is 10.6 Å². The largest absolute Gasteiger partial charge is 0.361 e. The van der Waals surface area contributed by atoms with Gasteiger partial charge in [0, 0.05) is 17.8 Å². The van der Waals surface area contributed by atoms with Crippen molar-refractivity contribution in [2.75, 3.05) is 5.32 Å². The zero-order valence-electron chi connectivity index (χ0n) is 10.3. The summed E-state index contributed by atoms with van der Waals surface area (Å²) >= 11 is 0. The van der Waals surface area contributed by atoms with E-state index in [2.05, 4.69) is 10.5 Å². The van der Waals surface area contributed by atoms with Gasteiger partial charge in [-0.1, -0.05) is 5.16 Å². The minimum absolute atomic E-state index is 0.0321. The first-order valence-electron chi connectivity index (χ1n) is 5.47. The van der Waals surface area contributed by atoms with Crippen molar-refractivity contribution in [3.8, 4) is 0 Å². The van der Waals surface area contributed by atoms with Crippen molar-refractivity contribution in [2.45, 2.75) is 13.8 Å². The predicted octanol–water partition coefficient (Wildman–Crippen LogP) is 2.45. The van der Waals surface area contributed by atoms with Crippen molar-refractivity contribution in [2.24, 2.45) is 0 Å². The van der Waals surface area contributed by atoms with Crippen LogP contribution in [-0.4, -0.2) is 16.0 Å². The van der Waals surface area contributed by atoms with E-state index in [-0.39, 0.29) is 11.6 Å². The van der Waals surface area contributed by atoms with E-state index in [9.17, 15) is 14.9 Å². The molecule has 0 fully saturated rings. The van der Waals surface area contributed by atoms with Crippen LogP contribution >= 0.6 is 0 Å². The minimum Gasteiger partial charge on any atom is -0.361 e. The molecule has 2 aromatic rings. The van der Waals surface area contributed by atoms with Crippen LogP contribution in [0.4, 0.5) is 11.4 Å². The number of carbonyl (C=O) groups excluding carboxylic acids is 1. The number of hydrogen-bond acceptors (Lipinski definition) is 5. The molecule has 1 aromatic carbocycles. The van der Waals surface area contributed by atoms with E-state index in [0.29, 0.717) is 22.7 Å². The van der Waals surface area contributed by atoms with E-state index in [1.807, 2.05) is 0 Å². The zero-order chi connectivity index (χ0) is 14.0. The monoisotopic (exact) mass is 261 g/mol. The Morgan fingerprint density at radius 2 is 1.95 bits per heavy atom. The number of nitro groups is 1. The molecule has 7 heteroatoms. The third-order valence-electron chi connectivity index (χ3n) is 2.60. The molecular weight excluding hydrogens is 250 g/mol. The number of anilines is 1. The van der Waals surface area contributed by atoms with Crippen LogP contribution < -0.4 is 5.32 Å². The third-order valence-corrected chi connectivity index (χ3v) is 2.60. The average Bonchev–Trinajstić information content (AvgIpc) is 2.69. The van der Waals surface area contributed by atoms with Crippen LogP contribution in [0.3, 0.4) is 0 Å².